The van der Waals surface area contributed by atoms with Crippen molar-refractivity contribution in [3.63, 3.8) is 0 Å². The number of halogens is 1. The summed E-state index contributed by atoms with van der Waals surface area (Å²) in [6, 6.07) is 5.99. The maximum atomic E-state index is 13.1. The molecule has 0 aromatic heterocycles. The number of rotatable bonds is 2. The number of amides is 1. The molecule has 1 N–H and O–H groups in total. The Morgan fingerprint density at radius 2 is 2.22 bits per heavy atom. The van der Waals surface area contributed by atoms with Crippen LogP contribution >= 0.6 is 0 Å². The molecule has 18 heavy (non-hydrogen) atoms. The normalized spacial score (nSPS) is 20.2. The molecule has 0 radical (unpaired) electrons. The highest BCUT2D eigenvalue weighted by molar-refractivity contribution is 5.96. The molecule has 1 aliphatic rings. The summed E-state index contributed by atoms with van der Waals surface area (Å²) in [4.78, 5) is 13.8. The van der Waals surface area contributed by atoms with Crippen LogP contribution in [-0.4, -0.2) is 25.5 Å². The van der Waals surface area contributed by atoms with Gasteiger partial charge in [-0.05, 0) is 37.6 Å². The molecule has 3 nitrogen and oxygen atoms in total. The zero-order valence-corrected chi connectivity index (χ0v) is 10.7. The van der Waals surface area contributed by atoms with Crippen LogP contribution < -0.4 is 10.2 Å². The van der Waals surface area contributed by atoms with Gasteiger partial charge in [0.05, 0.1) is 6.04 Å². The van der Waals surface area contributed by atoms with Gasteiger partial charge in [-0.15, -0.1) is 0 Å². The van der Waals surface area contributed by atoms with Gasteiger partial charge >= 0.3 is 0 Å². The Morgan fingerprint density at radius 1 is 1.39 bits per heavy atom. The summed E-state index contributed by atoms with van der Waals surface area (Å²) in [6.07, 6.45) is 4.22. The standard InChI is InChI=1S/C14H19FN2O/c1-17(12-7-5-6-11(15)10-12)14(18)13-8-3-2-4-9-16-13/h5-7,10,13,16H,2-4,8-9H2,1H3. The number of benzene rings is 1. The molecule has 0 bridgehead atoms. The first-order chi connectivity index (χ1) is 8.68. The number of carbonyl (C=O) groups is 1. The maximum Gasteiger partial charge on any atom is 0.243 e. The fourth-order valence-corrected chi connectivity index (χ4v) is 2.29. The second kappa shape index (κ2) is 5.96. The zero-order chi connectivity index (χ0) is 13.0. The number of nitrogens with one attached hydrogen (secondary N) is 1. The second-order valence-corrected chi connectivity index (χ2v) is 4.73. The van der Waals surface area contributed by atoms with E-state index in [9.17, 15) is 9.18 Å². The summed E-state index contributed by atoms with van der Waals surface area (Å²) in [5, 5.41) is 3.26. The predicted octanol–water partition coefficient (Wildman–Crippen LogP) is 2.32. The molecule has 1 amide bonds. The van der Waals surface area contributed by atoms with E-state index < -0.39 is 0 Å². The molecule has 1 saturated heterocycles. The van der Waals surface area contributed by atoms with E-state index in [0.717, 1.165) is 25.8 Å². The van der Waals surface area contributed by atoms with Crippen LogP contribution in [0.15, 0.2) is 24.3 Å². The van der Waals surface area contributed by atoms with E-state index in [-0.39, 0.29) is 17.8 Å². The predicted molar refractivity (Wildman–Crippen MR) is 70.1 cm³/mol. The molecule has 2 rings (SSSR count). The molecular weight excluding hydrogens is 231 g/mol. The zero-order valence-electron chi connectivity index (χ0n) is 10.7. The molecule has 1 unspecified atom stereocenters. The summed E-state index contributed by atoms with van der Waals surface area (Å²) in [5.74, 6) is -0.302. The van der Waals surface area contributed by atoms with Gasteiger partial charge in [0.25, 0.3) is 0 Å². The van der Waals surface area contributed by atoms with Crippen molar-refractivity contribution >= 4 is 11.6 Å². The molecule has 1 heterocycles. The van der Waals surface area contributed by atoms with E-state index in [2.05, 4.69) is 5.32 Å². The third-order valence-corrected chi connectivity index (χ3v) is 3.38. The summed E-state index contributed by atoms with van der Waals surface area (Å²) in [7, 11) is 1.70. The lowest BCUT2D eigenvalue weighted by Crippen LogP contribution is -2.44. The van der Waals surface area contributed by atoms with Gasteiger partial charge in [0.1, 0.15) is 5.82 Å². The molecule has 0 aliphatic carbocycles. The van der Waals surface area contributed by atoms with Crippen LogP contribution in [0, 0.1) is 5.82 Å². The number of anilines is 1. The Balaban J connectivity index is 2.07. The van der Waals surface area contributed by atoms with Crippen LogP contribution in [0.3, 0.4) is 0 Å². The van der Waals surface area contributed by atoms with E-state index >= 15 is 0 Å². The number of nitrogens with zero attached hydrogens (tertiary/aromatic N) is 1. The fraction of sp³-hybridized carbons (Fsp3) is 0.500. The van der Waals surface area contributed by atoms with Gasteiger partial charge in [0.2, 0.25) is 5.91 Å². The van der Waals surface area contributed by atoms with Crippen LogP contribution in [0.5, 0.6) is 0 Å². The van der Waals surface area contributed by atoms with Crippen molar-refractivity contribution in [2.24, 2.45) is 0 Å². The van der Waals surface area contributed by atoms with Crippen molar-refractivity contribution in [1.82, 2.24) is 5.32 Å². The van der Waals surface area contributed by atoms with Crippen LogP contribution in [0.25, 0.3) is 0 Å². The van der Waals surface area contributed by atoms with Crippen LogP contribution in [-0.2, 0) is 4.79 Å². The molecule has 0 spiro atoms. The Labute approximate surface area is 107 Å². The number of hydrogen-bond acceptors (Lipinski definition) is 2. The summed E-state index contributed by atoms with van der Waals surface area (Å²) in [6.45, 7) is 0.882. The third-order valence-electron chi connectivity index (χ3n) is 3.38. The molecule has 1 aromatic carbocycles. The van der Waals surface area contributed by atoms with E-state index in [4.69, 9.17) is 0 Å². The largest absolute Gasteiger partial charge is 0.314 e. The Bertz CT molecular complexity index is 414. The topological polar surface area (TPSA) is 32.3 Å². The lowest BCUT2D eigenvalue weighted by molar-refractivity contribution is -0.120. The van der Waals surface area contributed by atoms with Crippen LogP contribution in [0.4, 0.5) is 10.1 Å². The lowest BCUT2D eigenvalue weighted by Gasteiger charge is -2.23. The molecule has 1 aliphatic heterocycles. The summed E-state index contributed by atoms with van der Waals surface area (Å²) < 4.78 is 13.1. The van der Waals surface area contributed by atoms with Crippen LogP contribution in [0.2, 0.25) is 0 Å². The number of carbonyl (C=O) groups excluding carboxylic acids is 1. The van der Waals surface area contributed by atoms with Gasteiger partial charge in [-0.2, -0.15) is 0 Å². The van der Waals surface area contributed by atoms with Gasteiger partial charge in [0.15, 0.2) is 0 Å². The average molecular weight is 250 g/mol. The van der Waals surface area contributed by atoms with E-state index in [1.165, 1.54) is 23.5 Å². The lowest BCUT2D eigenvalue weighted by atomic mass is 10.1. The maximum absolute atomic E-state index is 13.1. The minimum atomic E-state index is -0.319. The number of hydrogen-bond donors (Lipinski definition) is 1. The van der Waals surface area contributed by atoms with Gasteiger partial charge < -0.3 is 10.2 Å². The molecule has 98 valence electrons. The molecule has 1 fully saturated rings. The third kappa shape index (κ3) is 3.07. The van der Waals surface area contributed by atoms with Gasteiger partial charge in [0, 0.05) is 12.7 Å². The first-order valence-corrected chi connectivity index (χ1v) is 6.45. The SMILES string of the molecule is CN(C(=O)C1CCCCCN1)c1cccc(F)c1. The first-order valence-electron chi connectivity index (χ1n) is 6.45. The van der Waals surface area contributed by atoms with E-state index in [1.807, 2.05) is 0 Å². The average Bonchev–Trinajstić information content (AvgIpc) is 2.66. The minimum Gasteiger partial charge on any atom is -0.314 e. The van der Waals surface area contributed by atoms with Gasteiger partial charge in [-0.1, -0.05) is 18.9 Å². The van der Waals surface area contributed by atoms with E-state index in [0.29, 0.717) is 5.69 Å². The van der Waals surface area contributed by atoms with Crippen molar-refractivity contribution in [3.05, 3.63) is 30.1 Å². The smallest absolute Gasteiger partial charge is 0.243 e. The molecular formula is C14H19FN2O. The summed E-state index contributed by atoms with van der Waals surface area (Å²) in [5.41, 5.74) is 0.603. The van der Waals surface area contributed by atoms with E-state index in [1.54, 1.807) is 19.2 Å². The van der Waals surface area contributed by atoms with Gasteiger partial charge in [-0.3, -0.25) is 4.79 Å². The molecule has 0 saturated carbocycles. The number of likely N-dealkylation sites (N-methyl/N-ethyl adjacent to an activating group) is 1. The first kappa shape index (κ1) is 13.0. The highest BCUT2D eigenvalue weighted by atomic mass is 19.1. The van der Waals surface area contributed by atoms with Crippen molar-refractivity contribution in [1.29, 1.82) is 0 Å². The van der Waals surface area contributed by atoms with Crippen molar-refractivity contribution in [2.75, 3.05) is 18.5 Å². The van der Waals surface area contributed by atoms with Gasteiger partial charge in [-0.25, -0.2) is 4.39 Å². The minimum absolute atomic E-state index is 0.0162. The molecule has 1 atom stereocenters. The van der Waals surface area contributed by atoms with Crippen LogP contribution in [0.1, 0.15) is 25.7 Å². The quantitative estimate of drug-likeness (QED) is 0.873. The Morgan fingerprint density at radius 3 is 3.00 bits per heavy atom. The van der Waals surface area contributed by atoms with Crippen molar-refractivity contribution < 1.29 is 9.18 Å². The van der Waals surface area contributed by atoms with Crippen molar-refractivity contribution in [3.8, 4) is 0 Å². The van der Waals surface area contributed by atoms with Crippen molar-refractivity contribution in [2.45, 2.75) is 31.7 Å². The highest BCUT2D eigenvalue weighted by Gasteiger charge is 2.23. The Hall–Kier alpha value is -1.42. The molecule has 4 heteroatoms. The highest BCUT2D eigenvalue weighted by Crippen LogP contribution is 2.17. The monoisotopic (exact) mass is 250 g/mol. The second-order valence-electron chi connectivity index (χ2n) is 4.73. The fourth-order valence-electron chi connectivity index (χ4n) is 2.29. The Kier molecular flexibility index (Phi) is 4.31. The summed E-state index contributed by atoms with van der Waals surface area (Å²) >= 11 is 0. The molecule has 1 aromatic rings.